The van der Waals surface area contributed by atoms with Gasteiger partial charge in [-0.1, -0.05) is 30.4 Å². The fourth-order valence-corrected chi connectivity index (χ4v) is 2.66. The van der Waals surface area contributed by atoms with Crippen LogP contribution in [0.1, 0.15) is 11.1 Å². The smallest absolute Gasteiger partial charge is 0.163 e. The summed E-state index contributed by atoms with van der Waals surface area (Å²) >= 11 is 5.04. The minimum atomic E-state index is 0.397. The van der Waals surface area contributed by atoms with Gasteiger partial charge in [-0.15, -0.1) is 0 Å². The summed E-state index contributed by atoms with van der Waals surface area (Å²) in [4.78, 5) is 4.83. The maximum atomic E-state index is 5.70. The fraction of sp³-hybridized carbons (Fsp3) is 0.176. The van der Waals surface area contributed by atoms with Crippen LogP contribution in [0.25, 0.3) is 11.0 Å². The van der Waals surface area contributed by atoms with E-state index in [4.69, 9.17) is 27.4 Å². The molecular weight excluding hydrogens is 310 g/mol. The molecule has 3 aromatic rings. The van der Waals surface area contributed by atoms with Crippen molar-refractivity contribution in [3.63, 3.8) is 0 Å². The highest BCUT2D eigenvalue weighted by molar-refractivity contribution is 7.80. The lowest BCUT2D eigenvalue weighted by Crippen LogP contribution is -2.10. The first kappa shape index (κ1) is 15.3. The average Bonchev–Trinajstić information content (AvgIpc) is 2.95. The van der Waals surface area contributed by atoms with Crippen LogP contribution in [0.5, 0.6) is 11.5 Å². The van der Waals surface area contributed by atoms with E-state index in [0.29, 0.717) is 23.0 Å². The topological polar surface area (TPSA) is 62.3 Å². The monoisotopic (exact) mass is 327 g/mol. The van der Waals surface area contributed by atoms with E-state index < -0.39 is 0 Å². The van der Waals surface area contributed by atoms with Gasteiger partial charge >= 0.3 is 0 Å². The largest absolute Gasteiger partial charge is 0.493 e. The number of fused-ring (bicyclic) bond motifs is 1. The summed E-state index contributed by atoms with van der Waals surface area (Å²) in [5, 5.41) is 0. The fourth-order valence-electron chi connectivity index (χ4n) is 2.53. The highest BCUT2D eigenvalue weighted by Gasteiger charge is 2.11. The predicted octanol–water partition coefficient (Wildman–Crippen LogP) is 2.74. The Labute approximate surface area is 139 Å². The zero-order valence-electron chi connectivity index (χ0n) is 12.9. The van der Waals surface area contributed by atoms with Crippen molar-refractivity contribution in [2.24, 2.45) is 5.73 Å². The molecule has 0 aliphatic heterocycles. The van der Waals surface area contributed by atoms with Gasteiger partial charge in [-0.25, -0.2) is 4.98 Å². The summed E-state index contributed by atoms with van der Waals surface area (Å²) in [5.41, 5.74) is 9.49. The molecule has 23 heavy (non-hydrogen) atoms. The van der Waals surface area contributed by atoms with Crippen LogP contribution in [0.15, 0.2) is 42.7 Å². The van der Waals surface area contributed by atoms with Gasteiger partial charge in [0.1, 0.15) is 4.99 Å². The van der Waals surface area contributed by atoms with Crippen LogP contribution in [0.2, 0.25) is 0 Å². The second-order valence-electron chi connectivity index (χ2n) is 5.13. The summed E-state index contributed by atoms with van der Waals surface area (Å²) in [5.74, 6) is 1.35. The summed E-state index contributed by atoms with van der Waals surface area (Å²) in [6.07, 6.45) is 1.80. The summed E-state index contributed by atoms with van der Waals surface area (Å²) < 4.78 is 12.7. The van der Waals surface area contributed by atoms with Crippen LogP contribution in [0.3, 0.4) is 0 Å². The molecule has 0 atom stereocenters. The first-order valence-electron chi connectivity index (χ1n) is 7.08. The molecule has 5 nitrogen and oxygen atoms in total. The number of hydrogen-bond acceptors (Lipinski definition) is 4. The number of benzene rings is 2. The molecule has 0 unspecified atom stereocenters. The van der Waals surface area contributed by atoms with E-state index in [-0.39, 0.29) is 0 Å². The Morgan fingerprint density at radius 2 is 1.91 bits per heavy atom. The number of nitrogens with two attached hydrogens (primary N) is 1. The quantitative estimate of drug-likeness (QED) is 0.730. The number of methoxy groups -OCH3 is 2. The average molecular weight is 327 g/mol. The van der Waals surface area contributed by atoms with E-state index >= 15 is 0 Å². The molecule has 1 heterocycles. The Kier molecular flexibility index (Phi) is 4.16. The SMILES string of the molecule is COc1cc2ncn(Cc3cccc(C(N)=S)c3)c2cc1OC. The van der Waals surface area contributed by atoms with Gasteiger partial charge in [-0.2, -0.15) is 0 Å². The second kappa shape index (κ2) is 6.26. The third kappa shape index (κ3) is 2.98. The molecule has 0 aliphatic rings. The van der Waals surface area contributed by atoms with Gasteiger partial charge in [0, 0.05) is 24.2 Å². The molecule has 0 bridgehead atoms. The lowest BCUT2D eigenvalue weighted by molar-refractivity contribution is 0.355. The molecule has 1 aromatic heterocycles. The normalized spacial score (nSPS) is 10.7. The number of hydrogen-bond donors (Lipinski definition) is 1. The van der Waals surface area contributed by atoms with Crippen molar-refractivity contribution in [3.8, 4) is 11.5 Å². The highest BCUT2D eigenvalue weighted by atomic mass is 32.1. The molecule has 118 valence electrons. The van der Waals surface area contributed by atoms with Crippen molar-refractivity contribution in [1.82, 2.24) is 9.55 Å². The summed E-state index contributed by atoms with van der Waals surface area (Å²) in [6, 6.07) is 11.7. The van der Waals surface area contributed by atoms with Gasteiger partial charge < -0.3 is 19.8 Å². The van der Waals surface area contributed by atoms with Gasteiger partial charge in [0.25, 0.3) is 0 Å². The Balaban J connectivity index is 2.00. The molecule has 0 aliphatic carbocycles. The second-order valence-corrected chi connectivity index (χ2v) is 5.57. The van der Waals surface area contributed by atoms with Gasteiger partial charge in [0.2, 0.25) is 0 Å². The number of aromatic nitrogens is 2. The molecule has 0 amide bonds. The van der Waals surface area contributed by atoms with E-state index in [0.717, 1.165) is 22.2 Å². The molecule has 0 radical (unpaired) electrons. The van der Waals surface area contributed by atoms with Crippen molar-refractivity contribution in [1.29, 1.82) is 0 Å². The van der Waals surface area contributed by atoms with Gasteiger partial charge in [0.05, 0.1) is 31.6 Å². The molecule has 0 spiro atoms. The van der Waals surface area contributed by atoms with Gasteiger partial charge in [0.15, 0.2) is 11.5 Å². The highest BCUT2D eigenvalue weighted by Crippen LogP contribution is 2.31. The number of nitrogens with zero attached hydrogens (tertiary/aromatic N) is 2. The summed E-state index contributed by atoms with van der Waals surface area (Å²) in [7, 11) is 3.23. The molecular formula is C17H17N3O2S. The minimum Gasteiger partial charge on any atom is -0.493 e. The minimum absolute atomic E-state index is 0.397. The number of thiocarbonyl (C=S) groups is 1. The lowest BCUT2D eigenvalue weighted by atomic mass is 10.1. The number of imidazole rings is 1. The number of ether oxygens (including phenoxy) is 2. The maximum Gasteiger partial charge on any atom is 0.163 e. The Morgan fingerprint density at radius 3 is 2.61 bits per heavy atom. The predicted molar refractivity (Wildman–Crippen MR) is 94.3 cm³/mol. The third-order valence-electron chi connectivity index (χ3n) is 3.69. The van der Waals surface area contributed by atoms with Crippen molar-refractivity contribution >= 4 is 28.2 Å². The zero-order valence-corrected chi connectivity index (χ0v) is 13.8. The first-order valence-corrected chi connectivity index (χ1v) is 7.49. The van der Waals surface area contributed by atoms with Crippen LogP contribution in [0.4, 0.5) is 0 Å². The molecule has 0 fully saturated rings. The van der Waals surface area contributed by atoms with Gasteiger partial charge in [-0.3, -0.25) is 0 Å². The van der Waals surface area contributed by atoms with Crippen LogP contribution in [0, 0.1) is 0 Å². The molecule has 0 saturated heterocycles. The van der Waals surface area contributed by atoms with E-state index in [9.17, 15) is 0 Å². The molecule has 2 N–H and O–H groups in total. The van der Waals surface area contributed by atoms with Crippen LogP contribution in [-0.2, 0) is 6.54 Å². The van der Waals surface area contributed by atoms with Crippen molar-refractivity contribution in [2.75, 3.05) is 14.2 Å². The van der Waals surface area contributed by atoms with Crippen molar-refractivity contribution in [3.05, 3.63) is 53.9 Å². The first-order chi connectivity index (χ1) is 11.1. The molecule has 6 heteroatoms. The van der Waals surface area contributed by atoms with Crippen LogP contribution in [-0.4, -0.2) is 28.8 Å². The Hall–Kier alpha value is -2.60. The van der Waals surface area contributed by atoms with E-state index in [2.05, 4.69) is 9.55 Å². The molecule has 3 rings (SSSR count). The van der Waals surface area contributed by atoms with Crippen molar-refractivity contribution in [2.45, 2.75) is 6.54 Å². The Bertz CT molecular complexity index is 873. The maximum absolute atomic E-state index is 5.70. The van der Waals surface area contributed by atoms with E-state index in [1.165, 1.54) is 0 Å². The standard InChI is InChI=1S/C17H17N3O2S/c1-21-15-7-13-14(8-16(15)22-2)20(10-19-13)9-11-4-3-5-12(6-11)17(18)23/h3-8,10H,9H2,1-2H3,(H2,18,23). The third-order valence-corrected chi connectivity index (χ3v) is 3.93. The van der Waals surface area contributed by atoms with E-state index in [1.807, 2.05) is 36.4 Å². The van der Waals surface area contributed by atoms with E-state index in [1.54, 1.807) is 20.5 Å². The summed E-state index contributed by atoms with van der Waals surface area (Å²) in [6.45, 7) is 0.669. The van der Waals surface area contributed by atoms with Gasteiger partial charge in [-0.05, 0) is 11.6 Å². The number of rotatable bonds is 5. The molecule has 2 aromatic carbocycles. The lowest BCUT2D eigenvalue weighted by Gasteiger charge is -2.10. The zero-order chi connectivity index (χ0) is 16.4. The van der Waals surface area contributed by atoms with Crippen LogP contribution < -0.4 is 15.2 Å². The Morgan fingerprint density at radius 1 is 1.17 bits per heavy atom. The van der Waals surface area contributed by atoms with Crippen LogP contribution >= 0.6 is 12.2 Å². The molecule has 0 saturated carbocycles. The van der Waals surface area contributed by atoms with Crippen molar-refractivity contribution < 1.29 is 9.47 Å².